The molecule has 2 atom stereocenters. The number of carbonyl (C=O) groups is 2. The fourth-order valence-corrected chi connectivity index (χ4v) is 5.93. The van der Waals surface area contributed by atoms with Crippen LogP contribution in [0.4, 0.5) is 5.69 Å². The Hall–Kier alpha value is -3.56. The average molecular weight is 614 g/mol. The number of halogens is 1. The van der Waals surface area contributed by atoms with Gasteiger partial charge in [-0.25, -0.2) is 8.42 Å². The van der Waals surface area contributed by atoms with Crippen LogP contribution in [0.15, 0.2) is 77.7 Å². The highest BCUT2D eigenvalue weighted by molar-refractivity contribution is 7.92. The molecule has 42 heavy (non-hydrogen) atoms. The number of amides is 2. The Morgan fingerprint density at radius 2 is 1.52 bits per heavy atom. The summed E-state index contributed by atoms with van der Waals surface area (Å²) >= 11 is 6.08. The van der Waals surface area contributed by atoms with Crippen molar-refractivity contribution < 1.29 is 22.7 Å². The molecule has 3 rings (SSSR count). The minimum Gasteiger partial charge on any atom is -0.494 e. The first kappa shape index (κ1) is 32.9. The van der Waals surface area contributed by atoms with E-state index in [4.69, 9.17) is 16.3 Å². The number of rotatable bonds is 14. The molecule has 8 nitrogen and oxygen atoms in total. The first-order valence-corrected chi connectivity index (χ1v) is 16.0. The van der Waals surface area contributed by atoms with Gasteiger partial charge in [-0.3, -0.25) is 13.9 Å². The lowest BCUT2D eigenvalue weighted by Gasteiger charge is -2.33. The molecule has 0 saturated heterocycles. The summed E-state index contributed by atoms with van der Waals surface area (Å²) in [6.45, 7) is 9.49. The number of ether oxygens (including phenoxy) is 1. The van der Waals surface area contributed by atoms with E-state index in [-0.39, 0.29) is 23.4 Å². The zero-order chi connectivity index (χ0) is 30.9. The lowest BCUT2D eigenvalue weighted by molar-refractivity contribution is -0.140. The van der Waals surface area contributed by atoms with Crippen molar-refractivity contribution in [1.82, 2.24) is 10.2 Å². The third-order valence-electron chi connectivity index (χ3n) is 6.98. The molecule has 0 heterocycles. The highest BCUT2D eigenvalue weighted by atomic mass is 35.5. The highest BCUT2D eigenvalue weighted by Gasteiger charge is 2.34. The van der Waals surface area contributed by atoms with Crippen molar-refractivity contribution in [2.45, 2.75) is 71.0 Å². The molecule has 3 aromatic carbocycles. The van der Waals surface area contributed by atoms with E-state index < -0.39 is 28.5 Å². The van der Waals surface area contributed by atoms with Gasteiger partial charge in [0.2, 0.25) is 11.8 Å². The third-order valence-corrected chi connectivity index (χ3v) is 9.02. The number of carbonyl (C=O) groups excluding carboxylic acids is 2. The Morgan fingerprint density at radius 1 is 0.905 bits per heavy atom. The standard InChI is InChI=1S/C32H40ClN3O5S/c1-6-24(5)34-32(38)30(7-2)35(21-25-11-13-26(33)14-12-25)31(37)22-36(27-15-9-23(4)10-16-27)42(39,40)29-19-17-28(18-20-29)41-8-3/h9-20,24,30H,6-8,21-22H2,1-5H3,(H,34,38)/t24-,30-/m1/s1. The Balaban J connectivity index is 2.04. The molecule has 2 amide bonds. The van der Waals surface area contributed by atoms with Gasteiger partial charge in [0.05, 0.1) is 17.2 Å². The van der Waals surface area contributed by atoms with Gasteiger partial charge in [0, 0.05) is 17.6 Å². The molecule has 0 aromatic heterocycles. The maximum absolute atomic E-state index is 14.1. The van der Waals surface area contributed by atoms with E-state index in [0.29, 0.717) is 29.5 Å². The smallest absolute Gasteiger partial charge is 0.264 e. The maximum atomic E-state index is 14.1. The van der Waals surface area contributed by atoms with Crippen LogP contribution in [0.1, 0.15) is 51.7 Å². The van der Waals surface area contributed by atoms with Gasteiger partial charge in [-0.05, 0) is 87.7 Å². The van der Waals surface area contributed by atoms with E-state index in [9.17, 15) is 18.0 Å². The van der Waals surface area contributed by atoms with E-state index in [0.717, 1.165) is 21.9 Å². The molecular weight excluding hydrogens is 574 g/mol. The number of nitrogens with zero attached hydrogens (tertiary/aromatic N) is 2. The first-order valence-electron chi connectivity index (χ1n) is 14.2. The molecule has 3 aromatic rings. The number of nitrogens with one attached hydrogen (secondary N) is 1. The van der Waals surface area contributed by atoms with Crippen LogP contribution in [0, 0.1) is 6.92 Å². The van der Waals surface area contributed by atoms with Gasteiger partial charge in [-0.1, -0.05) is 55.3 Å². The monoisotopic (exact) mass is 613 g/mol. The molecular formula is C32H40ClN3O5S. The number of hydrogen-bond donors (Lipinski definition) is 1. The van der Waals surface area contributed by atoms with Crippen LogP contribution in [0.3, 0.4) is 0 Å². The molecule has 0 radical (unpaired) electrons. The molecule has 0 aliphatic carbocycles. The second-order valence-corrected chi connectivity index (χ2v) is 12.4. The Labute approximate surface area is 254 Å². The number of hydrogen-bond acceptors (Lipinski definition) is 5. The number of benzene rings is 3. The zero-order valence-electron chi connectivity index (χ0n) is 24.8. The predicted molar refractivity (Wildman–Crippen MR) is 167 cm³/mol. The fourth-order valence-electron chi connectivity index (χ4n) is 4.39. The summed E-state index contributed by atoms with van der Waals surface area (Å²) in [6.07, 6.45) is 1.08. The summed E-state index contributed by atoms with van der Waals surface area (Å²) in [4.78, 5) is 29.0. The van der Waals surface area contributed by atoms with Crippen molar-refractivity contribution in [3.05, 3.63) is 88.9 Å². The summed E-state index contributed by atoms with van der Waals surface area (Å²) < 4.78 is 34.6. The predicted octanol–water partition coefficient (Wildman–Crippen LogP) is 5.96. The molecule has 1 N–H and O–H groups in total. The van der Waals surface area contributed by atoms with E-state index >= 15 is 0 Å². The van der Waals surface area contributed by atoms with Crippen molar-refractivity contribution in [1.29, 1.82) is 0 Å². The Morgan fingerprint density at radius 3 is 2.07 bits per heavy atom. The lowest BCUT2D eigenvalue weighted by Crippen LogP contribution is -2.53. The van der Waals surface area contributed by atoms with Crippen LogP contribution in [-0.2, 0) is 26.2 Å². The van der Waals surface area contributed by atoms with E-state index in [2.05, 4.69) is 5.32 Å². The average Bonchev–Trinajstić information content (AvgIpc) is 2.97. The van der Waals surface area contributed by atoms with Crippen molar-refractivity contribution in [3.8, 4) is 5.75 Å². The number of aryl methyl sites for hydroxylation is 1. The lowest BCUT2D eigenvalue weighted by atomic mass is 10.1. The highest BCUT2D eigenvalue weighted by Crippen LogP contribution is 2.27. The van der Waals surface area contributed by atoms with Gasteiger partial charge in [0.25, 0.3) is 10.0 Å². The minimum absolute atomic E-state index is 0.0186. The Bertz CT molecular complexity index is 1430. The number of sulfonamides is 1. The van der Waals surface area contributed by atoms with Gasteiger partial charge in [-0.15, -0.1) is 0 Å². The molecule has 226 valence electrons. The van der Waals surface area contributed by atoms with E-state index in [1.165, 1.54) is 17.0 Å². The van der Waals surface area contributed by atoms with Crippen LogP contribution >= 0.6 is 11.6 Å². The summed E-state index contributed by atoms with van der Waals surface area (Å²) in [6, 6.07) is 19.2. The van der Waals surface area contributed by atoms with Gasteiger partial charge in [0.1, 0.15) is 18.3 Å². The summed E-state index contributed by atoms with van der Waals surface area (Å²) in [5, 5.41) is 3.52. The normalized spacial score (nSPS) is 12.7. The summed E-state index contributed by atoms with van der Waals surface area (Å²) in [7, 11) is -4.17. The van der Waals surface area contributed by atoms with Crippen LogP contribution in [-0.4, -0.2) is 50.4 Å². The maximum Gasteiger partial charge on any atom is 0.264 e. The molecule has 0 unspecified atom stereocenters. The summed E-state index contributed by atoms with van der Waals surface area (Å²) in [5.41, 5.74) is 2.05. The van der Waals surface area contributed by atoms with Gasteiger partial charge in [-0.2, -0.15) is 0 Å². The molecule has 10 heteroatoms. The fraction of sp³-hybridized carbons (Fsp3) is 0.375. The van der Waals surface area contributed by atoms with Crippen LogP contribution < -0.4 is 14.4 Å². The van der Waals surface area contributed by atoms with Gasteiger partial charge >= 0.3 is 0 Å². The second-order valence-electron chi connectivity index (χ2n) is 10.1. The first-order chi connectivity index (χ1) is 20.0. The SMILES string of the molecule is CCOc1ccc(S(=O)(=O)N(CC(=O)N(Cc2ccc(Cl)cc2)[C@H](CC)C(=O)N[C@H](C)CC)c2ccc(C)cc2)cc1. The van der Waals surface area contributed by atoms with Crippen LogP contribution in [0.5, 0.6) is 5.75 Å². The van der Waals surface area contributed by atoms with Crippen molar-refractivity contribution in [3.63, 3.8) is 0 Å². The second kappa shape index (κ2) is 15.1. The summed E-state index contributed by atoms with van der Waals surface area (Å²) in [5.74, 6) is -0.252. The van der Waals surface area contributed by atoms with Crippen LogP contribution in [0.2, 0.25) is 5.02 Å². The molecule has 0 fully saturated rings. The third kappa shape index (κ3) is 8.49. The molecule has 0 bridgehead atoms. The van der Waals surface area contributed by atoms with E-state index in [1.54, 1.807) is 60.7 Å². The molecule has 0 aliphatic rings. The van der Waals surface area contributed by atoms with Crippen molar-refractivity contribution in [2.75, 3.05) is 17.5 Å². The molecule has 0 aliphatic heterocycles. The van der Waals surface area contributed by atoms with Crippen LogP contribution in [0.25, 0.3) is 0 Å². The largest absolute Gasteiger partial charge is 0.494 e. The minimum atomic E-state index is -4.17. The van der Waals surface area contributed by atoms with E-state index in [1.807, 2.05) is 34.6 Å². The van der Waals surface area contributed by atoms with Gasteiger partial charge < -0.3 is 15.0 Å². The topological polar surface area (TPSA) is 96.0 Å². The van der Waals surface area contributed by atoms with Crippen molar-refractivity contribution in [2.24, 2.45) is 0 Å². The zero-order valence-corrected chi connectivity index (χ0v) is 26.4. The molecule has 0 spiro atoms. The quantitative estimate of drug-likeness (QED) is 0.242. The number of anilines is 1. The van der Waals surface area contributed by atoms with Gasteiger partial charge in [0.15, 0.2) is 0 Å². The van der Waals surface area contributed by atoms with Crippen molar-refractivity contribution >= 4 is 39.1 Å². The Kier molecular flexibility index (Phi) is 11.8. The molecule has 0 saturated carbocycles.